The smallest absolute Gasteiger partial charge is 0.100 e. The first-order valence-electron chi connectivity index (χ1n) is 4.61. The molecular weight excluding hydrogens is 164 g/mol. The first-order chi connectivity index (χ1) is 5.93. The average Bonchev–Trinajstić information content (AvgIpc) is 2.14. The fourth-order valence-corrected chi connectivity index (χ4v) is 2.23. The van der Waals surface area contributed by atoms with Gasteiger partial charge in [-0.15, -0.1) is 0 Å². The maximum atomic E-state index is 4.32. The molecule has 0 bridgehead atoms. The van der Waals surface area contributed by atoms with Gasteiger partial charge in [-0.3, -0.25) is 4.99 Å². The predicted molar refractivity (Wildman–Crippen MR) is 54.6 cm³/mol. The third-order valence-electron chi connectivity index (χ3n) is 1.79. The Morgan fingerprint density at radius 1 is 1.50 bits per heavy atom. The van der Waals surface area contributed by atoms with Gasteiger partial charge in [0.1, 0.15) is 15.3 Å². The summed E-state index contributed by atoms with van der Waals surface area (Å²) >= 11 is 0. The number of hydrogen-bond acceptors (Lipinski definition) is 2. The molecule has 1 heterocycles. The maximum absolute atomic E-state index is 4.32. The van der Waals surface area contributed by atoms with Crippen LogP contribution in [0.4, 0.5) is 0 Å². The molecule has 0 saturated heterocycles. The monoisotopic (exact) mass is 180 g/mol. The Morgan fingerprint density at radius 3 is 3.08 bits per heavy atom. The van der Waals surface area contributed by atoms with Gasteiger partial charge in [0.2, 0.25) is 0 Å². The Kier molecular flexibility index (Phi) is 4.76. The minimum atomic E-state index is 0.367. The second-order valence-corrected chi connectivity index (χ2v) is 4.34. The predicted octanol–water partition coefficient (Wildman–Crippen LogP) is 1.77. The third kappa shape index (κ3) is 3.71. The van der Waals surface area contributed by atoms with Crippen molar-refractivity contribution in [3.05, 3.63) is 12.3 Å². The van der Waals surface area contributed by atoms with E-state index in [1.165, 1.54) is 25.3 Å². The number of hydrogen-bond donors (Lipinski definition) is 1. The molecule has 1 atom stereocenters. The lowest BCUT2D eigenvalue weighted by molar-refractivity contribution is 0.746. The van der Waals surface area contributed by atoms with Gasteiger partial charge in [-0.1, -0.05) is 32.2 Å². The van der Waals surface area contributed by atoms with Crippen molar-refractivity contribution in [2.45, 2.75) is 38.0 Å². The van der Waals surface area contributed by atoms with Crippen molar-refractivity contribution in [1.82, 2.24) is 5.32 Å². The summed E-state index contributed by atoms with van der Waals surface area (Å²) < 4.78 is 0. The van der Waals surface area contributed by atoms with E-state index in [0.717, 1.165) is 9.52 Å². The molecule has 2 nitrogen and oxygen atoms in total. The van der Waals surface area contributed by atoms with Gasteiger partial charge in [-0.05, 0) is 12.3 Å². The summed E-state index contributed by atoms with van der Waals surface area (Å²) in [5.41, 5.74) is 0. The molecule has 12 heavy (non-hydrogen) atoms. The molecule has 1 unspecified atom stereocenters. The number of unbranched alkanes of at least 4 members (excludes halogenated alkanes) is 2. The molecule has 0 aliphatic carbocycles. The van der Waals surface area contributed by atoms with E-state index < -0.39 is 0 Å². The average molecular weight is 180 g/mol. The Morgan fingerprint density at radius 2 is 2.42 bits per heavy atom. The summed E-state index contributed by atoms with van der Waals surface area (Å²) in [5.74, 6) is 0.367. The van der Waals surface area contributed by atoms with E-state index in [9.17, 15) is 0 Å². The van der Waals surface area contributed by atoms with Crippen LogP contribution in [0, 0.1) is 0 Å². The summed E-state index contributed by atoms with van der Waals surface area (Å²) in [4.78, 5) is 4.32. The SMILES string of the molecule is CCCCC[Si]C1N=CC=CN1. The van der Waals surface area contributed by atoms with Crippen LogP contribution < -0.4 is 5.32 Å². The summed E-state index contributed by atoms with van der Waals surface area (Å²) in [6.07, 6.45) is 9.82. The van der Waals surface area contributed by atoms with Crippen LogP contribution in [0.15, 0.2) is 17.3 Å². The highest BCUT2D eigenvalue weighted by Gasteiger charge is 2.04. The number of allylic oxidation sites excluding steroid dienone is 1. The van der Waals surface area contributed by atoms with Crippen LogP contribution in [-0.2, 0) is 0 Å². The van der Waals surface area contributed by atoms with Gasteiger partial charge in [0, 0.05) is 6.21 Å². The minimum Gasteiger partial charge on any atom is -0.373 e. The zero-order chi connectivity index (χ0) is 8.65. The fourth-order valence-electron chi connectivity index (χ4n) is 1.09. The summed E-state index contributed by atoms with van der Waals surface area (Å²) in [6, 6.07) is 1.32. The highest BCUT2D eigenvalue weighted by molar-refractivity contribution is 6.37. The van der Waals surface area contributed by atoms with Gasteiger partial charge in [0.15, 0.2) is 0 Å². The second-order valence-electron chi connectivity index (χ2n) is 2.89. The molecule has 0 aromatic carbocycles. The zero-order valence-electron chi connectivity index (χ0n) is 7.59. The standard InChI is InChI=1S/C9H16N2Si/c1-2-3-4-8-12-9-10-6-5-7-11-9/h5-7,9-10H,2-4,8H2,1H3. The molecule has 0 aromatic rings. The van der Waals surface area contributed by atoms with E-state index in [4.69, 9.17) is 0 Å². The van der Waals surface area contributed by atoms with Crippen LogP contribution in [0.25, 0.3) is 0 Å². The molecule has 0 aromatic heterocycles. The molecule has 0 fully saturated rings. The quantitative estimate of drug-likeness (QED) is 0.506. The number of aliphatic imine (C=N–C) groups is 1. The van der Waals surface area contributed by atoms with Gasteiger partial charge < -0.3 is 5.32 Å². The number of nitrogens with one attached hydrogen (secondary N) is 1. The van der Waals surface area contributed by atoms with E-state index in [1.54, 1.807) is 0 Å². The lowest BCUT2D eigenvalue weighted by Gasteiger charge is -2.13. The van der Waals surface area contributed by atoms with Crippen molar-refractivity contribution in [3.8, 4) is 0 Å². The van der Waals surface area contributed by atoms with Crippen LogP contribution in [0.5, 0.6) is 0 Å². The van der Waals surface area contributed by atoms with Crippen molar-refractivity contribution < 1.29 is 0 Å². The summed E-state index contributed by atoms with van der Waals surface area (Å²) in [5, 5.41) is 3.23. The molecule has 2 radical (unpaired) electrons. The topological polar surface area (TPSA) is 24.4 Å². The Bertz CT molecular complexity index is 166. The van der Waals surface area contributed by atoms with E-state index in [1.807, 2.05) is 18.5 Å². The van der Waals surface area contributed by atoms with E-state index in [2.05, 4.69) is 17.2 Å². The van der Waals surface area contributed by atoms with Crippen molar-refractivity contribution in [1.29, 1.82) is 0 Å². The lowest BCUT2D eigenvalue weighted by Crippen LogP contribution is -2.30. The molecular formula is C9H16N2Si. The normalized spacial score (nSPS) is 20.9. The molecule has 0 amide bonds. The Labute approximate surface area is 77.0 Å². The summed E-state index contributed by atoms with van der Waals surface area (Å²) in [6.45, 7) is 2.24. The fraction of sp³-hybridized carbons (Fsp3) is 0.667. The van der Waals surface area contributed by atoms with Crippen LogP contribution in [-0.4, -0.2) is 21.5 Å². The highest BCUT2D eigenvalue weighted by atomic mass is 28.2. The van der Waals surface area contributed by atoms with Gasteiger partial charge in [0.25, 0.3) is 0 Å². The molecule has 66 valence electrons. The Hall–Kier alpha value is -0.573. The number of nitrogens with zero attached hydrogens (tertiary/aromatic N) is 1. The van der Waals surface area contributed by atoms with Gasteiger partial charge in [0.05, 0.1) is 0 Å². The van der Waals surface area contributed by atoms with E-state index >= 15 is 0 Å². The maximum Gasteiger partial charge on any atom is 0.100 e. The zero-order valence-corrected chi connectivity index (χ0v) is 8.59. The van der Waals surface area contributed by atoms with Crippen molar-refractivity contribution in [2.75, 3.05) is 0 Å². The lowest BCUT2D eigenvalue weighted by atomic mass is 10.3. The molecule has 1 N–H and O–H groups in total. The van der Waals surface area contributed by atoms with Crippen LogP contribution >= 0.6 is 0 Å². The molecule has 1 aliphatic heterocycles. The largest absolute Gasteiger partial charge is 0.373 e. The minimum absolute atomic E-state index is 0.367. The van der Waals surface area contributed by atoms with Crippen LogP contribution in [0.1, 0.15) is 26.2 Å². The van der Waals surface area contributed by atoms with Gasteiger partial charge >= 0.3 is 0 Å². The van der Waals surface area contributed by atoms with Gasteiger partial charge in [-0.2, -0.15) is 0 Å². The molecule has 0 saturated carbocycles. The van der Waals surface area contributed by atoms with Crippen molar-refractivity contribution in [3.63, 3.8) is 0 Å². The second kappa shape index (κ2) is 6.00. The van der Waals surface area contributed by atoms with Crippen LogP contribution in [0.2, 0.25) is 6.04 Å². The first-order valence-corrected chi connectivity index (χ1v) is 5.89. The van der Waals surface area contributed by atoms with Crippen LogP contribution in [0.3, 0.4) is 0 Å². The third-order valence-corrected chi connectivity index (χ3v) is 3.13. The molecule has 0 spiro atoms. The van der Waals surface area contributed by atoms with Gasteiger partial charge in [-0.25, -0.2) is 0 Å². The highest BCUT2D eigenvalue weighted by Crippen LogP contribution is 2.01. The number of rotatable bonds is 5. The van der Waals surface area contributed by atoms with Crippen molar-refractivity contribution in [2.24, 2.45) is 4.99 Å². The van der Waals surface area contributed by atoms with Crippen molar-refractivity contribution >= 4 is 15.7 Å². The van der Waals surface area contributed by atoms with E-state index in [-0.39, 0.29) is 0 Å². The first kappa shape index (κ1) is 9.51. The van der Waals surface area contributed by atoms with E-state index in [0.29, 0.717) is 5.79 Å². The summed E-state index contributed by atoms with van der Waals surface area (Å²) in [7, 11) is 0.931. The molecule has 1 rings (SSSR count). The molecule has 3 heteroatoms. The molecule has 1 aliphatic rings. The Balaban J connectivity index is 2.00.